The molecular formula is C18H14ClN5O6S. The molecule has 1 saturated heterocycles. The van der Waals surface area contributed by atoms with Gasteiger partial charge in [-0.2, -0.15) is 0 Å². The second-order valence-electron chi connectivity index (χ2n) is 6.41. The highest BCUT2D eigenvalue weighted by molar-refractivity contribution is 8.15. The predicted molar refractivity (Wildman–Crippen MR) is 116 cm³/mol. The van der Waals surface area contributed by atoms with E-state index in [9.17, 15) is 29.8 Å². The fourth-order valence-electron chi connectivity index (χ4n) is 2.71. The second kappa shape index (κ2) is 9.10. The number of aliphatic imine (C=N–C) groups is 1. The van der Waals surface area contributed by atoms with E-state index >= 15 is 0 Å². The van der Waals surface area contributed by atoms with E-state index in [-0.39, 0.29) is 12.1 Å². The smallest absolute Gasteiger partial charge is 0.299 e. The van der Waals surface area contributed by atoms with Crippen molar-refractivity contribution in [2.24, 2.45) is 4.99 Å². The zero-order valence-corrected chi connectivity index (χ0v) is 17.4. The Morgan fingerprint density at radius 3 is 2.61 bits per heavy atom. The third-order valence-electron chi connectivity index (χ3n) is 4.19. The largest absolute Gasteiger partial charge is 0.320 e. The van der Waals surface area contributed by atoms with Gasteiger partial charge in [-0.05, 0) is 36.8 Å². The zero-order chi connectivity index (χ0) is 22.7. The topological polar surface area (TPSA) is 157 Å². The van der Waals surface area contributed by atoms with E-state index in [1.807, 2.05) is 6.92 Å². The molecule has 13 heteroatoms. The van der Waals surface area contributed by atoms with Crippen LogP contribution in [0.3, 0.4) is 0 Å². The van der Waals surface area contributed by atoms with E-state index in [2.05, 4.69) is 15.6 Å². The Morgan fingerprint density at radius 2 is 1.97 bits per heavy atom. The highest BCUT2D eigenvalue weighted by atomic mass is 35.5. The number of carbonyl (C=O) groups excluding carboxylic acids is 2. The molecule has 0 radical (unpaired) electrons. The first kappa shape index (κ1) is 22.2. The van der Waals surface area contributed by atoms with Gasteiger partial charge in [0.05, 0.1) is 21.6 Å². The van der Waals surface area contributed by atoms with E-state index in [0.717, 1.165) is 35.5 Å². The molecule has 0 bridgehead atoms. The third kappa shape index (κ3) is 5.35. The number of anilines is 1. The van der Waals surface area contributed by atoms with E-state index in [4.69, 9.17) is 11.6 Å². The van der Waals surface area contributed by atoms with Gasteiger partial charge in [0.2, 0.25) is 11.8 Å². The number of amides is 2. The molecule has 2 amide bonds. The number of thioether (sulfide) groups is 1. The number of nitro groups is 2. The Labute approximate surface area is 184 Å². The molecule has 1 aliphatic rings. The van der Waals surface area contributed by atoms with E-state index < -0.39 is 38.3 Å². The number of carbonyl (C=O) groups is 2. The van der Waals surface area contributed by atoms with Crippen molar-refractivity contribution in [3.8, 4) is 0 Å². The van der Waals surface area contributed by atoms with Crippen LogP contribution in [0.5, 0.6) is 0 Å². The lowest BCUT2D eigenvalue weighted by atomic mass is 10.2. The lowest BCUT2D eigenvalue weighted by Gasteiger charge is -2.08. The maximum absolute atomic E-state index is 12.3. The van der Waals surface area contributed by atoms with Crippen LogP contribution in [0.15, 0.2) is 41.4 Å². The van der Waals surface area contributed by atoms with Gasteiger partial charge in [0, 0.05) is 17.5 Å². The minimum Gasteiger partial charge on any atom is -0.320 e. The van der Waals surface area contributed by atoms with Gasteiger partial charge in [-0.3, -0.25) is 29.8 Å². The first-order chi connectivity index (χ1) is 14.6. The number of halogens is 1. The molecule has 1 fully saturated rings. The molecule has 11 nitrogen and oxygen atoms in total. The fraction of sp³-hybridized carbons (Fsp3) is 0.167. The van der Waals surface area contributed by atoms with Crippen LogP contribution in [0.1, 0.15) is 12.0 Å². The van der Waals surface area contributed by atoms with Gasteiger partial charge in [0.15, 0.2) is 5.17 Å². The average molecular weight is 464 g/mol. The third-order valence-corrected chi connectivity index (χ3v) is 5.51. The van der Waals surface area contributed by atoms with Gasteiger partial charge < -0.3 is 10.6 Å². The van der Waals surface area contributed by atoms with Crippen LogP contribution < -0.4 is 10.6 Å². The van der Waals surface area contributed by atoms with Crippen molar-refractivity contribution in [1.82, 2.24) is 5.32 Å². The number of benzene rings is 2. The van der Waals surface area contributed by atoms with Gasteiger partial charge in [-0.1, -0.05) is 23.4 Å². The standard InChI is InChI=1S/C18H14ClN5O6S/c1-9-6-10(19)2-4-12(9)21-18-22-17(26)15(31-18)8-16(25)20-13-5-3-11(23(27)28)7-14(13)24(29)30/h2-7,15H,8H2,1H3,(H,20,25)(H,21,22,26)/t15-/m1/s1. The SMILES string of the molecule is Cc1cc(Cl)ccc1N=C1NC(=O)[C@@H](CC(=O)Nc2ccc([N+](=O)[O-])cc2[N+](=O)[O-])S1. The molecule has 0 aromatic heterocycles. The van der Waals surface area contributed by atoms with Crippen molar-refractivity contribution in [2.75, 3.05) is 5.32 Å². The fourth-order valence-corrected chi connectivity index (χ4v) is 3.91. The van der Waals surface area contributed by atoms with Crippen molar-refractivity contribution < 1.29 is 19.4 Å². The predicted octanol–water partition coefficient (Wildman–Crippen LogP) is 3.71. The molecule has 1 heterocycles. The Morgan fingerprint density at radius 1 is 1.23 bits per heavy atom. The van der Waals surface area contributed by atoms with Crippen LogP contribution in [-0.4, -0.2) is 32.1 Å². The van der Waals surface area contributed by atoms with E-state index in [1.165, 1.54) is 0 Å². The highest BCUT2D eigenvalue weighted by Crippen LogP contribution is 2.31. The molecular weight excluding hydrogens is 450 g/mol. The van der Waals surface area contributed by atoms with Gasteiger partial charge in [-0.25, -0.2) is 4.99 Å². The van der Waals surface area contributed by atoms with Crippen LogP contribution in [0.2, 0.25) is 5.02 Å². The summed E-state index contributed by atoms with van der Waals surface area (Å²) in [6, 6.07) is 7.96. The lowest BCUT2D eigenvalue weighted by molar-refractivity contribution is -0.393. The number of nitrogens with one attached hydrogen (secondary N) is 2. The van der Waals surface area contributed by atoms with Crippen LogP contribution in [0, 0.1) is 27.2 Å². The number of aryl methyl sites for hydroxylation is 1. The number of hydrogen-bond donors (Lipinski definition) is 2. The van der Waals surface area contributed by atoms with E-state index in [1.54, 1.807) is 18.2 Å². The summed E-state index contributed by atoms with van der Waals surface area (Å²) in [6.07, 6.45) is -0.275. The molecule has 0 aliphatic carbocycles. The first-order valence-corrected chi connectivity index (χ1v) is 9.95. The monoisotopic (exact) mass is 463 g/mol. The number of nitrogens with zero attached hydrogens (tertiary/aromatic N) is 3. The van der Waals surface area contributed by atoms with Crippen LogP contribution in [0.4, 0.5) is 22.7 Å². The average Bonchev–Trinajstić information content (AvgIpc) is 3.02. The molecule has 0 saturated carbocycles. The number of non-ortho nitro benzene ring substituents is 1. The van der Waals surface area contributed by atoms with Crippen molar-refractivity contribution in [2.45, 2.75) is 18.6 Å². The molecule has 31 heavy (non-hydrogen) atoms. The Kier molecular flexibility index (Phi) is 6.51. The molecule has 160 valence electrons. The summed E-state index contributed by atoms with van der Waals surface area (Å²) >= 11 is 6.97. The molecule has 2 N–H and O–H groups in total. The molecule has 3 rings (SSSR count). The van der Waals surface area contributed by atoms with Crippen molar-refractivity contribution in [3.05, 3.63) is 67.2 Å². The first-order valence-electron chi connectivity index (χ1n) is 8.69. The van der Waals surface area contributed by atoms with Crippen molar-refractivity contribution in [1.29, 1.82) is 0 Å². The number of nitro benzene ring substituents is 2. The Hall–Kier alpha value is -3.51. The van der Waals surface area contributed by atoms with Gasteiger partial charge in [0.1, 0.15) is 10.9 Å². The summed E-state index contributed by atoms with van der Waals surface area (Å²) in [5.41, 5.74) is 0.121. The summed E-state index contributed by atoms with van der Waals surface area (Å²) in [7, 11) is 0. The molecule has 0 unspecified atom stereocenters. The maximum Gasteiger partial charge on any atom is 0.299 e. The minimum absolute atomic E-state index is 0.199. The summed E-state index contributed by atoms with van der Waals surface area (Å²) in [6.45, 7) is 1.81. The van der Waals surface area contributed by atoms with Gasteiger partial charge in [-0.15, -0.1) is 0 Å². The van der Waals surface area contributed by atoms with Crippen LogP contribution in [-0.2, 0) is 9.59 Å². The number of amidine groups is 1. The molecule has 2 aromatic carbocycles. The van der Waals surface area contributed by atoms with Gasteiger partial charge >= 0.3 is 0 Å². The summed E-state index contributed by atoms with van der Waals surface area (Å²) in [5, 5.41) is 27.0. The summed E-state index contributed by atoms with van der Waals surface area (Å²) < 4.78 is 0. The maximum atomic E-state index is 12.3. The number of rotatable bonds is 6. The molecule has 1 aliphatic heterocycles. The van der Waals surface area contributed by atoms with Crippen molar-refractivity contribution in [3.63, 3.8) is 0 Å². The summed E-state index contributed by atoms with van der Waals surface area (Å²) in [4.78, 5) is 49.3. The van der Waals surface area contributed by atoms with Gasteiger partial charge in [0.25, 0.3) is 11.4 Å². The van der Waals surface area contributed by atoms with Crippen molar-refractivity contribution >= 4 is 63.1 Å². The molecule has 2 aromatic rings. The molecule has 1 atom stereocenters. The Bertz CT molecular complexity index is 1140. The minimum atomic E-state index is -0.834. The van der Waals surface area contributed by atoms with Crippen LogP contribution in [0.25, 0.3) is 0 Å². The normalized spacial score (nSPS) is 16.8. The lowest BCUT2D eigenvalue weighted by Crippen LogP contribution is -2.28. The van der Waals surface area contributed by atoms with Crippen LogP contribution >= 0.6 is 23.4 Å². The Balaban J connectivity index is 1.70. The zero-order valence-electron chi connectivity index (χ0n) is 15.8. The summed E-state index contributed by atoms with van der Waals surface area (Å²) in [5.74, 6) is -1.09. The quantitative estimate of drug-likeness (QED) is 0.488. The number of hydrogen-bond acceptors (Lipinski definition) is 8. The highest BCUT2D eigenvalue weighted by Gasteiger charge is 2.33. The second-order valence-corrected chi connectivity index (χ2v) is 8.04. The molecule has 0 spiro atoms. The van der Waals surface area contributed by atoms with E-state index in [0.29, 0.717) is 15.9 Å².